The predicted octanol–water partition coefficient (Wildman–Crippen LogP) is 2.83. The predicted molar refractivity (Wildman–Crippen MR) is 97.7 cm³/mol. The Morgan fingerprint density at radius 1 is 1.25 bits per heavy atom. The minimum absolute atomic E-state index is 0.0304. The van der Waals surface area contributed by atoms with Gasteiger partial charge in [-0.05, 0) is 24.3 Å². The van der Waals surface area contributed by atoms with E-state index in [1.807, 2.05) is 0 Å². The van der Waals surface area contributed by atoms with Crippen molar-refractivity contribution in [2.75, 3.05) is 17.2 Å². The zero-order valence-corrected chi connectivity index (χ0v) is 14.2. The Kier molecular flexibility index (Phi) is 5.35. The molecule has 0 aliphatic carbocycles. The summed E-state index contributed by atoms with van der Waals surface area (Å²) < 4.78 is 13.5. The molecule has 1 aromatic carbocycles. The molecule has 28 heavy (non-hydrogen) atoms. The number of hydrogen-bond donors (Lipinski definition) is 3. The Hall–Kier alpha value is -4.15. The summed E-state index contributed by atoms with van der Waals surface area (Å²) >= 11 is 0. The van der Waals surface area contributed by atoms with Crippen LogP contribution in [0.1, 0.15) is 0 Å². The highest BCUT2D eigenvalue weighted by Gasteiger charge is 2.15. The first-order valence-corrected chi connectivity index (χ1v) is 7.88. The molecule has 142 valence electrons. The van der Waals surface area contributed by atoms with Crippen molar-refractivity contribution in [3.8, 4) is 11.3 Å². The number of benzene rings is 1. The number of nitro benzene ring substituents is 1. The van der Waals surface area contributed by atoms with Gasteiger partial charge in [-0.3, -0.25) is 19.9 Å². The number of carbonyl (C=O) groups is 1. The molecule has 0 radical (unpaired) electrons. The molecule has 0 spiro atoms. The van der Waals surface area contributed by atoms with Gasteiger partial charge in [-0.25, -0.2) is 4.98 Å². The highest BCUT2D eigenvalue weighted by atomic mass is 19.1. The molecule has 3 rings (SSSR count). The molecule has 0 atom stereocenters. The van der Waals surface area contributed by atoms with Gasteiger partial charge in [0.15, 0.2) is 0 Å². The number of halogens is 1. The van der Waals surface area contributed by atoms with Gasteiger partial charge in [0.25, 0.3) is 0 Å². The molecule has 0 bridgehead atoms. The van der Waals surface area contributed by atoms with Crippen LogP contribution in [0.15, 0.2) is 48.8 Å². The van der Waals surface area contributed by atoms with Gasteiger partial charge in [-0.15, -0.1) is 0 Å². The van der Waals surface area contributed by atoms with Crippen molar-refractivity contribution in [3.63, 3.8) is 0 Å². The van der Waals surface area contributed by atoms with Crippen molar-refractivity contribution in [1.29, 1.82) is 0 Å². The van der Waals surface area contributed by atoms with Crippen molar-refractivity contribution < 1.29 is 19.2 Å². The highest BCUT2D eigenvalue weighted by Crippen LogP contribution is 2.26. The van der Waals surface area contributed by atoms with Crippen LogP contribution in [0.4, 0.5) is 27.5 Å². The average molecular weight is 384 g/mol. The van der Waals surface area contributed by atoms with E-state index in [9.17, 15) is 19.3 Å². The van der Waals surface area contributed by atoms with E-state index in [0.29, 0.717) is 11.3 Å². The third kappa shape index (κ3) is 4.52. The Morgan fingerprint density at radius 2 is 2.07 bits per heavy atom. The smallest absolute Gasteiger partial charge is 0.322 e. The Bertz CT molecular complexity index is 1030. The second-order valence-electron chi connectivity index (χ2n) is 5.50. The fourth-order valence-corrected chi connectivity index (χ4v) is 2.29. The number of nitrogens with zero attached hydrogens (tertiary/aromatic N) is 4. The van der Waals surface area contributed by atoms with Gasteiger partial charge in [0, 0.05) is 35.8 Å². The summed E-state index contributed by atoms with van der Waals surface area (Å²) in [5.74, 6) is -1.80. The second kappa shape index (κ2) is 8.03. The monoisotopic (exact) mass is 384 g/mol. The number of carboxylic acid groups (broad SMARTS) is 1. The minimum Gasteiger partial charge on any atom is -0.480 e. The van der Waals surface area contributed by atoms with Crippen LogP contribution >= 0.6 is 0 Å². The van der Waals surface area contributed by atoms with Crippen LogP contribution in [0.5, 0.6) is 0 Å². The summed E-state index contributed by atoms with van der Waals surface area (Å²) in [5.41, 5.74) is 0.635. The number of aromatic nitrogens is 3. The van der Waals surface area contributed by atoms with Crippen LogP contribution in [0.3, 0.4) is 0 Å². The summed E-state index contributed by atoms with van der Waals surface area (Å²) in [7, 11) is 0. The van der Waals surface area contributed by atoms with E-state index >= 15 is 0 Å². The topological polar surface area (TPSA) is 143 Å². The van der Waals surface area contributed by atoms with E-state index in [0.717, 1.165) is 12.1 Å². The van der Waals surface area contributed by atoms with E-state index < -0.39 is 28.9 Å². The van der Waals surface area contributed by atoms with E-state index in [4.69, 9.17) is 5.11 Å². The maximum atomic E-state index is 13.5. The average Bonchev–Trinajstić information content (AvgIpc) is 2.68. The number of rotatable bonds is 7. The third-order valence-electron chi connectivity index (χ3n) is 3.50. The zero-order valence-electron chi connectivity index (χ0n) is 14.2. The van der Waals surface area contributed by atoms with Crippen LogP contribution in [0.25, 0.3) is 11.3 Å². The Balaban J connectivity index is 1.97. The summed E-state index contributed by atoms with van der Waals surface area (Å²) in [6, 6.07) is 8.33. The molecule has 0 unspecified atom stereocenters. The lowest BCUT2D eigenvalue weighted by molar-refractivity contribution is -0.387. The summed E-state index contributed by atoms with van der Waals surface area (Å²) in [6.07, 6.45) is 3.15. The maximum absolute atomic E-state index is 13.5. The number of aliphatic carboxylic acids is 1. The number of anilines is 3. The zero-order chi connectivity index (χ0) is 20.1. The summed E-state index contributed by atoms with van der Waals surface area (Å²) in [6.45, 7) is -0.405. The highest BCUT2D eigenvalue weighted by molar-refractivity contribution is 5.73. The Morgan fingerprint density at radius 3 is 2.75 bits per heavy atom. The van der Waals surface area contributed by atoms with E-state index in [1.165, 1.54) is 6.07 Å². The van der Waals surface area contributed by atoms with Crippen molar-refractivity contribution >= 4 is 29.1 Å². The largest absolute Gasteiger partial charge is 0.480 e. The molecule has 0 aliphatic rings. The molecule has 0 saturated heterocycles. The first kappa shape index (κ1) is 18.6. The van der Waals surface area contributed by atoms with Gasteiger partial charge < -0.3 is 15.7 Å². The number of pyridine rings is 1. The molecular weight excluding hydrogens is 371 g/mol. The molecule has 10 nitrogen and oxygen atoms in total. The molecule has 3 N–H and O–H groups in total. The van der Waals surface area contributed by atoms with Gasteiger partial charge in [0.1, 0.15) is 12.4 Å². The second-order valence-corrected chi connectivity index (χ2v) is 5.50. The van der Waals surface area contributed by atoms with Gasteiger partial charge in [-0.2, -0.15) is 9.37 Å². The quantitative estimate of drug-likeness (QED) is 0.414. The Labute approximate surface area is 157 Å². The molecule has 0 amide bonds. The van der Waals surface area contributed by atoms with Crippen LogP contribution in [0, 0.1) is 15.9 Å². The minimum atomic E-state index is -1.10. The van der Waals surface area contributed by atoms with Gasteiger partial charge in [-0.1, -0.05) is 0 Å². The third-order valence-corrected chi connectivity index (χ3v) is 3.50. The van der Waals surface area contributed by atoms with Gasteiger partial charge in [0.05, 0.1) is 10.6 Å². The molecule has 2 aromatic heterocycles. The first-order chi connectivity index (χ1) is 13.4. The number of nitro groups is 1. The lowest BCUT2D eigenvalue weighted by Gasteiger charge is -2.11. The lowest BCUT2D eigenvalue weighted by Crippen LogP contribution is -2.15. The standard InChI is InChI=1S/C17H13FN6O4/c18-12-4-3-11(6-14(12)24(27)28)21-15-7-13(10-2-1-5-19-8-10)22-17(23-15)20-9-16(25)26/h1-8H,9H2,(H,25,26)(H2,20,21,22,23). The fraction of sp³-hybridized carbons (Fsp3) is 0.0588. The van der Waals surface area contributed by atoms with Crippen LogP contribution in [-0.4, -0.2) is 37.5 Å². The maximum Gasteiger partial charge on any atom is 0.322 e. The van der Waals surface area contributed by atoms with E-state index in [2.05, 4.69) is 25.6 Å². The van der Waals surface area contributed by atoms with E-state index in [1.54, 1.807) is 30.6 Å². The fourth-order valence-electron chi connectivity index (χ4n) is 2.29. The van der Waals surface area contributed by atoms with Gasteiger partial charge in [0.2, 0.25) is 11.8 Å². The molecule has 0 saturated carbocycles. The van der Waals surface area contributed by atoms with Crippen LogP contribution < -0.4 is 10.6 Å². The van der Waals surface area contributed by atoms with E-state index in [-0.39, 0.29) is 17.5 Å². The van der Waals surface area contributed by atoms with Crippen LogP contribution in [-0.2, 0) is 4.79 Å². The van der Waals surface area contributed by atoms with Crippen molar-refractivity contribution in [2.45, 2.75) is 0 Å². The van der Waals surface area contributed by atoms with Gasteiger partial charge >= 0.3 is 11.7 Å². The number of nitrogens with one attached hydrogen (secondary N) is 2. The van der Waals surface area contributed by atoms with Crippen LogP contribution in [0.2, 0.25) is 0 Å². The first-order valence-electron chi connectivity index (χ1n) is 7.88. The molecule has 0 fully saturated rings. The SMILES string of the molecule is O=C(O)CNc1nc(Nc2ccc(F)c([N+](=O)[O-])c2)cc(-c2cccnc2)n1. The number of carboxylic acids is 1. The summed E-state index contributed by atoms with van der Waals surface area (Å²) in [4.78, 5) is 33.3. The number of hydrogen-bond acceptors (Lipinski definition) is 8. The van der Waals surface area contributed by atoms with Crippen molar-refractivity contribution in [2.24, 2.45) is 0 Å². The lowest BCUT2D eigenvalue weighted by atomic mass is 10.2. The van der Waals surface area contributed by atoms with Crippen molar-refractivity contribution in [1.82, 2.24) is 15.0 Å². The molecule has 0 aliphatic heterocycles. The molecule has 3 aromatic rings. The summed E-state index contributed by atoms with van der Waals surface area (Å²) in [5, 5.41) is 25.1. The molecule has 2 heterocycles. The molecular formula is C17H13FN6O4. The van der Waals surface area contributed by atoms with Crippen molar-refractivity contribution in [3.05, 3.63) is 64.7 Å². The normalized spacial score (nSPS) is 10.3. The molecule has 11 heteroatoms.